The van der Waals surface area contributed by atoms with Crippen molar-refractivity contribution in [3.63, 3.8) is 0 Å². The number of benzene rings is 2. The van der Waals surface area contributed by atoms with Gasteiger partial charge in [-0.2, -0.15) is 0 Å². The molecule has 0 aliphatic rings. The fraction of sp³-hybridized carbons (Fsp3) is 0.125. The fourth-order valence-electron chi connectivity index (χ4n) is 2.34. The van der Waals surface area contributed by atoms with Gasteiger partial charge in [0, 0.05) is 17.3 Å². The first-order chi connectivity index (χ1) is 9.69. The molecular formula is C16H13F2NO. The second-order valence-corrected chi connectivity index (χ2v) is 4.71. The molecule has 0 atom stereocenters. The standard InChI is InChI=1S/C16H13F2NO/c17-14-3-1-2-13(16(14)18)9-19-7-6-12-8-11(10-20)4-5-15(12)19/h1-8,20H,9-10H2. The Labute approximate surface area is 114 Å². The van der Waals surface area contributed by atoms with Crippen LogP contribution in [0.25, 0.3) is 10.9 Å². The molecule has 1 aromatic heterocycles. The molecule has 1 N–H and O–H groups in total. The lowest BCUT2D eigenvalue weighted by Crippen LogP contribution is -2.02. The minimum atomic E-state index is -0.832. The maximum Gasteiger partial charge on any atom is 0.163 e. The van der Waals surface area contributed by atoms with Crippen molar-refractivity contribution in [1.82, 2.24) is 4.57 Å². The zero-order valence-electron chi connectivity index (χ0n) is 10.7. The molecule has 0 unspecified atom stereocenters. The first-order valence-electron chi connectivity index (χ1n) is 6.30. The lowest BCUT2D eigenvalue weighted by molar-refractivity contribution is 0.282. The maximum atomic E-state index is 13.7. The molecular weight excluding hydrogens is 260 g/mol. The predicted octanol–water partition coefficient (Wildman–Crippen LogP) is 3.46. The van der Waals surface area contributed by atoms with E-state index < -0.39 is 11.6 Å². The molecule has 20 heavy (non-hydrogen) atoms. The van der Waals surface area contributed by atoms with Gasteiger partial charge < -0.3 is 9.67 Å². The molecule has 0 bridgehead atoms. The highest BCUT2D eigenvalue weighted by Gasteiger charge is 2.09. The van der Waals surface area contributed by atoms with Crippen LogP contribution in [0.5, 0.6) is 0 Å². The van der Waals surface area contributed by atoms with Gasteiger partial charge in [-0.25, -0.2) is 8.78 Å². The van der Waals surface area contributed by atoms with E-state index in [1.165, 1.54) is 6.07 Å². The van der Waals surface area contributed by atoms with Crippen molar-refractivity contribution in [2.24, 2.45) is 0 Å². The van der Waals surface area contributed by atoms with Crippen LogP contribution in [0.15, 0.2) is 48.7 Å². The Hall–Kier alpha value is -2.20. The largest absolute Gasteiger partial charge is 0.392 e. The third kappa shape index (κ3) is 2.18. The summed E-state index contributed by atoms with van der Waals surface area (Å²) >= 11 is 0. The average molecular weight is 273 g/mol. The highest BCUT2D eigenvalue weighted by molar-refractivity contribution is 5.81. The number of halogens is 2. The van der Waals surface area contributed by atoms with Crippen LogP contribution >= 0.6 is 0 Å². The van der Waals surface area contributed by atoms with Crippen LogP contribution in [-0.4, -0.2) is 9.67 Å². The molecule has 102 valence electrons. The molecule has 4 heteroatoms. The highest BCUT2D eigenvalue weighted by atomic mass is 19.2. The summed E-state index contributed by atoms with van der Waals surface area (Å²) in [7, 11) is 0. The normalized spacial score (nSPS) is 11.2. The molecule has 2 nitrogen and oxygen atoms in total. The number of aliphatic hydroxyl groups excluding tert-OH is 1. The fourth-order valence-corrected chi connectivity index (χ4v) is 2.34. The number of hydrogen-bond donors (Lipinski definition) is 1. The summed E-state index contributed by atoms with van der Waals surface area (Å²) in [6.07, 6.45) is 1.83. The van der Waals surface area contributed by atoms with E-state index in [-0.39, 0.29) is 13.2 Å². The monoisotopic (exact) mass is 273 g/mol. The van der Waals surface area contributed by atoms with Gasteiger partial charge in [0.2, 0.25) is 0 Å². The number of hydrogen-bond acceptors (Lipinski definition) is 1. The zero-order valence-corrected chi connectivity index (χ0v) is 10.7. The maximum absolute atomic E-state index is 13.7. The number of aromatic nitrogens is 1. The van der Waals surface area contributed by atoms with E-state index in [0.717, 1.165) is 22.5 Å². The lowest BCUT2D eigenvalue weighted by Gasteiger charge is -2.07. The SMILES string of the molecule is OCc1ccc2c(ccn2Cc2cccc(F)c2F)c1. The summed E-state index contributed by atoms with van der Waals surface area (Å²) in [6, 6.07) is 11.7. The Balaban J connectivity index is 2.01. The predicted molar refractivity (Wildman–Crippen MR) is 73.3 cm³/mol. The molecule has 0 amide bonds. The molecule has 1 heterocycles. The van der Waals surface area contributed by atoms with E-state index in [4.69, 9.17) is 5.11 Å². The first-order valence-corrected chi connectivity index (χ1v) is 6.30. The van der Waals surface area contributed by atoms with E-state index in [9.17, 15) is 8.78 Å². The van der Waals surface area contributed by atoms with Crippen molar-refractivity contribution in [1.29, 1.82) is 0 Å². The smallest absolute Gasteiger partial charge is 0.163 e. The Bertz CT molecular complexity index is 764. The minimum absolute atomic E-state index is 0.0142. The summed E-state index contributed by atoms with van der Waals surface area (Å²) in [5.41, 5.74) is 2.06. The van der Waals surface area contributed by atoms with Gasteiger partial charge in [0.15, 0.2) is 11.6 Å². The minimum Gasteiger partial charge on any atom is -0.392 e. The van der Waals surface area contributed by atoms with Crippen molar-refractivity contribution in [2.75, 3.05) is 0 Å². The van der Waals surface area contributed by atoms with Crippen LogP contribution in [0.2, 0.25) is 0 Å². The van der Waals surface area contributed by atoms with Gasteiger partial charge >= 0.3 is 0 Å². The molecule has 0 saturated heterocycles. The zero-order chi connectivity index (χ0) is 14.1. The molecule has 0 aliphatic carbocycles. The lowest BCUT2D eigenvalue weighted by atomic mass is 10.1. The van der Waals surface area contributed by atoms with E-state index in [0.29, 0.717) is 5.56 Å². The van der Waals surface area contributed by atoms with Gasteiger partial charge in [-0.15, -0.1) is 0 Å². The van der Waals surface area contributed by atoms with E-state index in [1.54, 1.807) is 6.07 Å². The molecule has 0 fully saturated rings. The topological polar surface area (TPSA) is 25.2 Å². The third-order valence-electron chi connectivity index (χ3n) is 3.39. The Morgan fingerprint density at radius 3 is 2.70 bits per heavy atom. The van der Waals surface area contributed by atoms with Gasteiger partial charge in [0.05, 0.1) is 13.2 Å². The molecule has 0 spiro atoms. The summed E-state index contributed by atoms with van der Waals surface area (Å²) < 4.78 is 28.8. The van der Waals surface area contributed by atoms with Crippen molar-refractivity contribution in [2.45, 2.75) is 13.2 Å². The van der Waals surface area contributed by atoms with Crippen LogP contribution in [0.3, 0.4) is 0 Å². The summed E-state index contributed by atoms with van der Waals surface area (Å²) in [5, 5.41) is 10.1. The van der Waals surface area contributed by atoms with Crippen LogP contribution in [0, 0.1) is 11.6 Å². The van der Waals surface area contributed by atoms with Crippen LogP contribution in [0.4, 0.5) is 8.78 Å². The summed E-state index contributed by atoms with van der Waals surface area (Å²) in [5.74, 6) is -1.64. The van der Waals surface area contributed by atoms with Gasteiger partial charge in [0.1, 0.15) is 0 Å². The molecule has 2 aromatic carbocycles. The third-order valence-corrected chi connectivity index (χ3v) is 3.39. The van der Waals surface area contributed by atoms with Crippen LogP contribution in [-0.2, 0) is 13.2 Å². The highest BCUT2D eigenvalue weighted by Crippen LogP contribution is 2.20. The van der Waals surface area contributed by atoms with Gasteiger partial charge in [-0.1, -0.05) is 18.2 Å². The number of rotatable bonds is 3. The van der Waals surface area contributed by atoms with Gasteiger partial charge in [0.25, 0.3) is 0 Å². The Kier molecular flexibility index (Phi) is 3.24. The first kappa shape index (κ1) is 12.8. The van der Waals surface area contributed by atoms with Gasteiger partial charge in [-0.3, -0.25) is 0 Å². The second-order valence-electron chi connectivity index (χ2n) is 4.71. The van der Waals surface area contributed by atoms with Crippen molar-refractivity contribution in [3.8, 4) is 0 Å². The quantitative estimate of drug-likeness (QED) is 0.776. The number of aliphatic hydroxyl groups is 1. The van der Waals surface area contributed by atoms with Crippen molar-refractivity contribution < 1.29 is 13.9 Å². The second kappa shape index (κ2) is 5.06. The molecule has 3 aromatic rings. The number of nitrogens with zero attached hydrogens (tertiary/aromatic N) is 1. The molecule has 0 radical (unpaired) electrons. The van der Waals surface area contributed by atoms with Crippen LogP contribution in [0.1, 0.15) is 11.1 Å². The van der Waals surface area contributed by atoms with E-state index in [1.807, 2.05) is 35.0 Å². The van der Waals surface area contributed by atoms with Crippen LogP contribution < -0.4 is 0 Å². The Morgan fingerprint density at radius 1 is 1.05 bits per heavy atom. The Morgan fingerprint density at radius 2 is 1.90 bits per heavy atom. The van der Waals surface area contributed by atoms with E-state index in [2.05, 4.69) is 0 Å². The summed E-state index contributed by atoms with van der Waals surface area (Å²) in [6.45, 7) is 0.255. The number of fused-ring (bicyclic) bond motifs is 1. The average Bonchev–Trinajstić information content (AvgIpc) is 2.86. The molecule has 0 saturated carbocycles. The molecule has 0 aliphatic heterocycles. The van der Waals surface area contributed by atoms with Crippen molar-refractivity contribution in [3.05, 3.63) is 71.4 Å². The summed E-state index contributed by atoms with van der Waals surface area (Å²) in [4.78, 5) is 0. The van der Waals surface area contributed by atoms with Crippen molar-refractivity contribution >= 4 is 10.9 Å². The van der Waals surface area contributed by atoms with Gasteiger partial charge in [-0.05, 0) is 35.2 Å². The molecule has 3 rings (SSSR count). The van der Waals surface area contributed by atoms with E-state index >= 15 is 0 Å².